The third kappa shape index (κ3) is 3.20. The first-order valence-electron chi connectivity index (χ1n) is 6.52. The van der Waals surface area contributed by atoms with E-state index in [1.165, 1.54) is 36.5 Å². The van der Waals surface area contributed by atoms with Gasteiger partial charge in [-0.15, -0.1) is 0 Å². The predicted molar refractivity (Wildman–Crippen MR) is 71.0 cm³/mol. The monoisotopic (exact) mass is 325 g/mol. The smallest absolute Gasteiger partial charge is 0.429 e. The van der Waals surface area contributed by atoms with Crippen molar-refractivity contribution in [2.75, 3.05) is 6.79 Å². The van der Waals surface area contributed by atoms with Crippen LogP contribution >= 0.6 is 0 Å². The number of pyridine rings is 1. The van der Waals surface area contributed by atoms with Crippen LogP contribution in [0.1, 0.15) is 22.0 Å². The lowest BCUT2D eigenvalue weighted by Crippen LogP contribution is -2.26. The Bertz CT molecular complexity index is 718. The molecule has 0 fully saturated rings. The average molecular weight is 325 g/mol. The summed E-state index contributed by atoms with van der Waals surface area (Å²) in [6, 6.07) is 6.56. The molecule has 1 aliphatic heterocycles. The molecular formula is C15H10F3NO4. The number of nitrogens with zero attached hydrogens (tertiary/aromatic N) is 1. The van der Waals surface area contributed by atoms with Crippen molar-refractivity contribution in [1.29, 1.82) is 0 Å². The molecule has 8 heteroatoms. The highest BCUT2D eigenvalue weighted by molar-refractivity contribution is 5.90. The number of halogens is 3. The van der Waals surface area contributed by atoms with Crippen molar-refractivity contribution in [2.24, 2.45) is 0 Å². The van der Waals surface area contributed by atoms with E-state index >= 15 is 0 Å². The van der Waals surface area contributed by atoms with Crippen molar-refractivity contribution in [3.05, 3.63) is 53.9 Å². The molecule has 1 aromatic heterocycles. The van der Waals surface area contributed by atoms with Gasteiger partial charge in [-0.25, -0.2) is 4.79 Å². The van der Waals surface area contributed by atoms with Crippen LogP contribution < -0.4 is 9.47 Å². The second-order valence-electron chi connectivity index (χ2n) is 4.68. The Kier molecular flexibility index (Phi) is 3.81. The van der Waals surface area contributed by atoms with Gasteiger partial charge < -0.3 is 14.2 Å². The lowest BCUT2D eigenvalue weighted by Gasteiger charge is -2.20. The number of rotatable bonds is 3. The number of hydrogen-bond donors (Lipinski definition) is 0. The summed E-state index contributed by atoms with van der Waals surface area (Å²) in [6.45, 7) is -0.00526. The Labute approximate surface area is 128 Å². The summed E-state index contributed by atoms with van der Waals surface area (Å²) in [4.78, 5) is 15.7. The largest absolute Gasteiger partial charge is 0.454 e. The first kappa shape index (κ1) is 15.1. The summed E-state index contributed by atoms with van der Waals surface area (Å²) >= 11 is 0. The fraction of sp³-hybridized carbons (Fsp3) is 0.200. The molecule has 0 N–H and O–H groups in total. The summed E-state index contributed by atoms with van der Waals surface area (Å²) in [5, 5.41) is 0. The zero-order valence-corrected chi connectivity index (χ0v) is 11.5. The number of carbonyl (C=O) groups is 1. The van der Waals surface area contributed by atoms with Crippen molar-refractivity contribution < 1.29 is 32.2 Å². The molecule has 2 heterocycles. The minimum absolute atomic E-state index is 0.00526. The molecule has 1 aromatic carbocycles. The lowest BCUT2D eigenvalue weighted by molar-refractivity contribution is -0.207. The highest BCUT2D eigenvalue weighted by Crippen LogP contribution is 2.37. The predicted octanol–water partition coefficient (Wildman–Crippen LogP) is 3.27. The van der Waals surface area contributed by atoms with Gasteiger partial charge in [-0.05, 0) is 24.3 Å². The Hall–Kier alpha value is -2.77. The summed E-state index contributed by atoms with van der Waals surface area (Å²) in [7, 11) is 0. The third-order valence-electron chi connectivity index (χ3n) is 3.12. The summed E-state index contributed by atoms with van der Waals surface area (Å²) < 4.78 is 54.3. The highest BCUT2D eigenvalue weighted by Gasteiger charge is 2.44. The fourth-order valence-electron chi connectivity index (χ4n) is 2.05. The van der Waals surface area contributed by atoms with Gasteiger partial charge in [-0.1, -0.05) is 6.07 Å². The van der Waals surface area contributed by atoms with Crippen LogP contribution in [0.15, 0.2) is 42.7 Å². The maximum absolute atomic E-state index is 13.2. The van der Waals surface area contributed by atoms with E-state index < -0.39 is 18.2 Å². The van der Waals surface area contributed by atoms with Crippen LogP contribution in [0.25, 0.3) is 0 Å². The zero-order valence-electron chi connectivity index (χ0n) is 11.5. The normalized spacial score (nSPS) is 14.4. The molecule has 1 aliphatic rings. The molecule has 1 atom stereocenters. The quantitative estimate of drug-likeness (QED) is 0.811. The van der Waals surface area contributed by atoms with E-state index in [4.69, 9.17) is 9.47 Å². The Morgan fingerprint density at radius 3 is 2.70 bits per heavy atom. The van der Waals surface area contributed by atoms with Gasteiger partial charge in [0.25, 0.3) is 0 Å². The van der Waals surface area contributed by atoms with Crippen LogP contribution in [0.5, 0.6) is 11.5 Å². The van der Waals surface area contributed by atoms with E-state index in [1.807, 2.05) is 0 Å². The molecule has 120 valence electrons. The van der Waals surface area contributed by atoms with Gasteiger partial charge in [0.2, 0.25) is 12.9 Å². The number of alkyl halides is 3. The van der Waals surface area contributed by atoms with Gasteiger partial charge >= 0.3 is 12.1 Å². The van der Waals surface area contributed by atoms with Crippen LogP contribution in [0.4, 0.5) is 13.2 Å². The molecule has 0 spiro atoms. The van der Waals surface area contributed by atoms with E-state index in [0.29, 0.717) is 5.75 Å². The van der Waals surface area contributed by atoms with Crippen LogP contribution in [-0.4, -0.2) is 23.9 Å². The summed E-state index contributed by atoms with van der Waals surface area (Å²) in [5.41, 5.74) is -0.318. The van der Waals surface area contributed by atoms with E-state index in [-0.39, 0.29) is 23.7 Å². The van der Waals surface area contributed by atoms with Gasteiger partial charge in [-0.3, -0.25) is 4.98 Å². The summed E-state index contributed by atoms with van der Waals surface area (Å²) in [6.07, 6.45) is -4.81. The molecule has 0 saturated heterocycles. The minimum atomic E-state index is -4.75. The third-order valence-corrected chi connectivity index (χ3v) is 3.12. The van der Waals surface area contributed by atoms with E-state index in [9.17, 15) is 18.0 Å². The molecule has 5 nitrogen and oxygen atoms in total. The molecular weight excluding hydrogens is 315 g/mol. The number of hydrogen-bond acceptors (Lipinski definition) is 5. The lowest BCUT2D eigenvalue weighted by atomic mass is 10.1. The van der Waals surface area contributed by atoms with Crippen molar-refractivity contribution in [1.82, 2.24) is 4.98 Å². The van der Waals surface area contributed by atoms with Gasteiger partial charge in [0.1, 0.15) is 0 Å². The van der Waals surface area contributed by atoms with Crippen molar-refractivity contribution in [3.8, 4) is 11.5 Å². The second-order valence-corrected chi connectivity index (χ2v) is 4.68. The molecule has 0 amide bonds. The number of benzene rings is 1. The molecule has 0 unspecified atom stereocenters. The fourth-order valence-corrected chi connectivity index (χ4v) is 2.05. The van der Waals surface area contributed by atoms with Crippen LogP contribution in [0.3, 0.4) is 0 Å². The SMILES string of the molecule is O=C(O[C@H](c1cccnc1)C(F)(F)F)c1ccc2c(c1)OCO2. The first-order valence-corrected chi connectivity index (χ1v) is 6.52. The molecule has 0 bridgehead atoms. The van der Waals surface area contributed by atoms with Crippen molar-refractivity contribution in [2.45, 2.75) is 12.3 Å². The van der Waals surface area contributed by atoms with E-state index in [2.05, 4.69) is 9.72 Å². The molecule has 2 aromatic rings. The average Bonchev–Trinajstić information content (AvgIpc) is 2.99. The number of fused-ring (bicyclic) bond motifs is 1. The van der Waals surface area contributed by atoms with Gasteiger partial charge in [-0.2, -0.15) is 13.2 Å². The van der Waals surface area contributed by atoms with Crippen LogP contribution in [0.2, 0.25) is 0 Å². The number of ether oxygens (including phenoxy) is 3. The number of carbonyl (C=O) groups excluding carboxylic acids is 1. The highest BCUT2D eigenvalue weighted by atomic mass is 19.4. The second kappa shape index (κ2) is 5.79. The zero-order chi connectivity index (χ0) is 16.4. The van der Waals surface area contributed by atoms with Crippen LogP contribution in [0, 0.1) is 0 Å². The topological polar surface area (TPSA) is 57.7 Å². The molecule has 23 heavy (non-hydrogen) atoms. The number of esters is 1. The Morgan fingerprint density at radius 2 is 2.00 bits per heavy atom. The van der Waals surface area contributed by atoms with Gasteiger partial charge in [0, 0.05) is 18.0 Å². The Morgan fingerprint density at radius 1 is 1.22 bits per heavy atom. The summed E-state index contributed by atoms with van der Waals surface area (Å²) in [5.74, 6) is -0.417. The van der Waals surface area contributed by atoms with E-state index in [0.717, 1.165) is 6.20 Å². The maximum atomic E-state index is 13.2. The molecule has 0 radical (unpaired) electrons. The first-order chi connectivity index (χ1) is 10.9. The van der Waals surface area contributed by atoms with Crippen molar-refractivity contribution in [3.63, 3.8) is 0 Å². The minimum Gasteiger partial charge on any atom is -0.454 e. The van der Waals surface area contributed by atoms with Gasteiger partial charge in [0.15, 0.2) is 11.5 Å². The van der Waals surface area contributed by atoms with Crippen molar-refractivity contribution >= 4 is 5.97 Å². The molecule has 0 aliphatic carbocycles. The maximum Gasteiger partial charge on any atom is 0.429 e. The number of aromatic nitrogens is 1. The van der Waals surface area contributed by atoms with Crippen LogP contribution in [-0.2, 0) is 4.74 Å². The van der Waals surface area contributed by atoms with E-state index in [1.54, 1.807) is 0 Å². The molecule has 3 rings (SSSR count). The molecule has 0 saturated carbocycles. The standard InChI is InChI=1S/C15H10F3NO4/c16-15(17,18)13(10-2-1-5-19-7-10)23-14(20)9-3-4-11-12(6-9)22-8-21-11/h1-7,13H,8H2/t13-/m1/s1. The Balaban J connectivity index is 1.84. The van der Waals surface area contributed by atoms with Gasteiger partial charge in [0.05, 0.1) is 5.56 Å².